The monoisotopic (exact) mass is 222 g/mol. The minimum absolute atomic E-state index is 0.192. The summed E-state index contributed by atoms with van der Waals surface area (Å²) in [5.41, 5.74) is 5.33. The second-order valence-electron chi connectivity index (χ2n) is 3.26. The van der Waals surface area contributed by atoms with Gasteiger partial charge < -0.3 is 4.74 Å². The SMILES string of the molecule is COc1cccc(CC(=O)NNC(C)=O)c1. The molecule has 0 spiro atoms. The molecule has 0 bridgehead atoms. The Labute approximate surface area is 93.8 Å². The minimum atomic E-state index is -0.306. The molecule has 0 aliphatic heterocycles. The highest BCUT2D eigenvalue weighted by atomic mass is 16.5. The molecule has 1 rings (SSSR count). The maximum Gasteiger partial charge on any atom is 0.242 e. The Morgan fingerprint density at radius 2 is 2.06 bits per heavy atom. The molecule has 0 saturated carbocycles. The number of hydrogen-bond donors (Lipinski definition) is 2. The third-order valence-electron chi connectivity index (χ3n) is 1.88. The van der Waals surface area contributed by atoms with Gasteiger partial charge in [0.25, 0.3) is 0 Å². The molecule has 16 heavy (non-hydrogen) atoms. The van der Waals surface area contributed by atoms with Gasteiger partial charge in [0, 0.05) is 6.92 Å². The average Bonchev–Trinajstić information content (AvgIpc) is 2.26. The van der Waals surface area contributed by atoms with Crippen LogP contribution >= 0.6 is 0 Å². The molecule has 1 aromatic rings. The third kappa shape index (κ3) is 4.00. The fourth-order valence-electron chi connectivity index (χ4n) is 1.17. The van der Waals surface area contributed by atoms with Gasteiger partial charge in [-0.3, -0.25) is 20.4 Å². The van der Waals surface area contributed by atoms with Crippen molar-refractivity contribution in [3.8, 4) is 5.75 Å². The lowest BCUT2D eigenvalue weighted by Gasteiger charge is -2.06. The number of carbonyl (C=O) groups excluding carboxylic acids is 2. The number of nitrogens with one attached hydrogen (secondary N) is 2. The van der Waals surface area contributed by atoms with E-state index in [-0.39, 0.29) is 18.2 Å². The first-order valence-corrected chi connectivity index (χ1v) is 4.80. The van der Waals surface area contributed by atoms with E-state index in [4.69, 9.17) is 4.74 Å². The standard InChI is InChI=1S/C11H14N2O3/c1-8(14)12-13-11(15)7-9-4-3-5-10(6-9)16-2/h3-6H,7H2,1-2H3,(H,12,14)(H,13,15). The van der Waals surface area contributed by atoms with Crippen LogP contribution in [0.1, 0.15) is 12.5 Å². The van der Waals surface area contributed by atoms with Crippen LogP contribution in [0.4, 0.5) is 0 Å². The van der Waals surface area contributed by atoms with Gasteiger partial charge in [-0.1, -0.05) is 12.1 Å². The highest BCUT2D eigenvalue weighted by molar-refractivity contribution is 5.82. The van der Waals surface area contributed by atoms with Crippen molar-refractivity contribution in [3.63, 3.8) is 0 Å². The molecule has 0 aromatic heterocycles. The van der Waals surface area contributed by atoms with Gasteiger partial charge in [0.2, 0.25) is 11.8 Å². The largest absolute Gasteiger partial charge is 0.497 e. The van der Waals surface area contributed by atoms with Crippen molar-refractivity contribution < 1.29 is 14.3 Å². The second kappa shape index (κ2) is 5.75. The molecule has 0 radical (unpaired) electrons. The number of rotatable bonds is 3. The number of amides is 2. The van der Waals surface area contributed by atoms with Crippen LogP contribution in [0.25, 0.3) is 0 Å². The van der Waals surface area contributed by atoms with E-state index in [1.54, 1.807) is 25.3 Å². The van der Waals surface area contributed by atoms with Crippen LogP contribution in [-0.4, -0.2) is 18.9 Å². The average molecular weight is 222 g/mol. The van der Waals surface area contributed by atoms with Crippen LogP contribution < -0.4 is 15.6 Å². The van der Waals surface area contributed by atoms with Crippen molar-refractivity contribution >= 4 is 11.8 Å². The topological polar surface area (TPSA) is 67.4 Å². The number of ether oxygens (including phenoxy) is 1. The van der Waals surface area contributed by atoms with Gasteiger partial charge in [-0.15, -0.1) is 0 Å². The summed E-state index contributed by atoms with van der Waals surface area (Å²) in [5.74, 6) is 0.118. The first-order chi connectivity index (χ1) is 7.61. The van der Waals surface area contributed by atoms with Gasteiger partial charge >= 0.3 is 0 Å². The zero-order chi connectivity index (χ0) is 12.0. The van der Waals surface area contributed by atoms with Gasteiger partial charge in [0.1, 0.15) is 5.75 Å². The summed E-state index contributed by atoms with van der Waals surface area (Å²) in [5, 5.41) is 0. The molecular weight excluding hydrogens is 208 g/mol. The summed E-state index contributed by atoms with van der Waals surface area (Å²) in [7, 11) is 1.57. The number of hydrogen-bond acceptors (Lipinski definition) is 3. The molecule has 0 atom stereocenters. The maximum absolute atomic E-state index is 11.3. The van der Waals surface area contributed by atoms with Crippen LogP contribution in [-0.2, 0) is 16.0 Å². The van der Waals surface area contributed by atoms with E-state index in [1.165, 1.54) is 6.92 Å². The third-order valence-corrected chi connectivity index (χ3v) is 1.88. The maximum atomic E-state index is 11.3. The molecule has 1 aromatic carbocycles. The Balaban J connectivity index is 2.52. The summed E-state index contributed by atoms with van der Waals surface area (Å²) >= 11 is 0. The predicted octanol–water partition coefficient (Wildman–Crippen LogP) is 0.405. The summed E-state index contributed by atoms with van der Waals surface area (Å²) in [6.45, 7) is 1.33. The normalized spacial score (nSPS) is 9.38. The minimum Gasteiger partial charge on any atom is -0.497 e. The fraction of sp³-hybridized carbons (Fsp3) is 0.273. The lowest BCUT2D eigenvalue weighted by Crippen LogP contribution is -2.41. The summed E-state index contributed by atoms with van der Waals surface area (Å²) < 4.78 is 5.03. The molecule has 0 aliphatic rings. The highest BCUT2D eigenvalue weighted by Gasteiger charge is 2.04. The Morgan fingerprint density at radius 1 is 1.31 bits per heavy atom. The molecular formula is C11H14N2O3. The zero-order valence-electron chi connectivity index (χ0n) is 9.24. The molecule has 2 amide bonds. The molecule has 0 heterocycles. The van der Waals surface area contributed by atoms with E-state index in [9.17, 15) is 9.59 Å². The molecule has 5 nitrogen and oxygen atoms in total. The van der Waals surface area contributed by atoms with Crippen LogP contribution in [0.15, 0.2) is 24.3 Å². The highest BCUT2D eigenvalue weighted by Crippen LogP contribution is 2.12. The number of methoxy groups -OCH3 is 1. The first-order valence-electron chi connectivity index (χ1n) is 4.80. The molecule has 2 N–H and O–H groups in total. The van der Waals surface area contributed by atoms with Gasteiger partial charge in [-0.05, 0) is 17.7 Å². The molecule has 86 valence electrons. The summed E-state index contributed by atoms with van der Waals surface area (Å²) in [6, 6.07) is 7.19. The number of carbonyl (C=O) groups is 2. The van der Waals surface area contributed by atoms with Crippen molar-refractivity contribution in [2.24, 2.45) is 0 Å². The lowest BCUT2D eigenvalue weighted by atomic mass is 10.1. The Morgan fingerprint density at radius 3 is 2.69 bits per heavy atom. The van der Waals surface area contributed by atoms with E-state index in [0.29, 0.717) is 5.75 Å². The van der Waals surface area contributed by atoms with Crippen LogP contribution in [0.5, 0.6) is 5.75 Å². The van der Waals surface area contributed by atoms with E-state index in [2.05, 4.69) is 10.9 Å². The van der Waals surface area contributed by atoms with E-state index < -0.39 is 0 Å². The quantitative estimate of drug-likeness (QED) is 0.728. The molecule has 0 saturated heterocycles. The Hall–Kier alpha value is -2.04. The predicted molar refractivity (Wildman–Crippen MR) is 58.7 cm³/mol. The molecule has 5 heteroatoms. The van der Waals surface area contributed by atoms with Gasteiger partial charge in [0.15, 0.2) is 0 Å². The molecule has 0 aliphatic carbocycles. The van der Waals surface area contributed by atoms with E-state index >= 15 is 0 Å². The Bertz CT molecular complexity index is 391. The van der Waals surface area contributed by atoms with Crippen molar-refractivity contribution in [1.29, 1.82) is 0 Å². The lowest BCUT2D eigenvalue weighted by molar-refractivity contribution is -0.127. The molecule has 0 fully saturated rings. The summed E-state index contributed by atoms with van der Waals surface area (Å²) in [6.07, 6.45) is 0.192. The first kappa shape index (κ1) is 12.0. The zero-order valence-corrected chi connectivity index (χ0v) is 9.24. The van der Waals surface area contributed by atoms with Gasteiger partial charge in [-0.25, -0.2) is 0 Å². The van der Waals surface area contributed by atoms with Crippen molar-refractivity contribution in [2.45, 2.75) is 13.3 Å². The van der Waals surface area contributed by atoms with Crippen molar-refractivity contribution in [2.75, 3.05) is 7.11 Å². The van der Waals surface area contributed by atoms with E-state index in [1.807, 2.05) is 6.07 Å². The molecule has 0 unspecified atom stereocenters. The van der Waals surface area contributed by atoms with Crippen LogP contribution in [0.3, 0.4) is 0 Å². The van der Waals surface area contributed by atoms with Crippen LogP contribution in [0, 0.1) is 0 Å². The smallest absolute Gasteiger partial charge is 0.242 e. The fourth-order valence-corrected chi connectivity index (χ4v) is 1.17. The van der Waals surface area contributed by atoms with Crippen molar-refractivity contribution in [3.05, 3.63) is 29.8 Å². The number of hydrazine groups is 1. The van der Waals surface area contributed by atoms with Crippen molar-refractivity contribution in [1.82, 2.24) is 10.9 Å². The number of benzene rings is 1. The summed E-state index contributed by atoms with van der Waals surface area (Å²) in [4.78, 5) is 21.9. The van der Waals surface area contributed by atoms with Gasteiger partial charge in [0.05, 0.1) is 13.5 Å². The van der Waals surface area contributed by atoms with E-state index in [0.717, 1.165) is 5.56 Å². The second-order valence-corrected chi connectivity index (χ2v) is 3.26. The Kier molecular flexibility index (Phi) is 4.32. The van der Waals surface area contributed by atoms with Crippen LogP contribution in [0.2, 0.25) is 0 Å². The van der Waals surface area contributed by atoms with Gasteiger partial charge in [-0.2, -0.15) is 0 Å².